The summed E-state index contributed by atoms with van der Waals surface area (Å²) >= 11 is 0. The van der Waals surface area contributed by atoms with E-state index in [2.05, 4.69) is 11.9 Å². The molecule has 0 aromatic heterocycles. The van der Waals surface area contributed by atoms with E-state index in [-0.39, 0.29) is 5.97 Å². The number of rotatable bonds is 4. The van der Waals surface area contributed by atoms with Crippen LogP contribution < -0.4 is 10.5 Å². The summed E-state index contributed by atoms with van der Waals surface area (Å²) in [5.41, 5.74) is 6.65. The molecule has 20 heavy (non-hydrogen) atoms. The highest BCUT2D eigenvalue weighted by atomic mass is 16.5. The fourth-order valence-electron chi connectivity index (χ4n) is 2.48. The number of anilines is 1. The predicted molar refractivity (Wildman–Crippen MR) is 78.0 cm³/mol. The van der Waals surface area contributed by atoms with E-state index in [4.69, 9.17) is 15.2 Å². The maximum absolute atomic E-state index is 12.1. The first-order valence-corrected chi connectivity index (χ1v) is 6.92. The van der Waals surface area contributed by atoms with Gasteiger partial charge in [-0.05, 0) is 38.6 Å². The minimum Gasteiger partial charge on any atom is -0.496 e. The molecule has 5 nitrogen and oxygen atoms in total. The lowest BCUT2D eigenvalue weighted by Crippen LogP contribution is -2.39. The van der Waals surface area contributed by atoms with E-state index in [0.717, 1.165) is 13.0 Å². The zero-order chi connectivity index (χ0) is 14.5. The Morgan fingerprint density at radius 3 is 2.95 bits per heavy atom. The van der Waals surface area contributed by atoms with Gasteiger partial charge in [0.1, 0.15) is 17.9 Å². The molecular formula is C15H22N2O3. The van der Waals surface area contributed by atoms with Crippen molar-refractivity contribution in [2.24, 2.45) is 0 Å². The highest BCUT2D eigenvalue weighted by Gasteiger charge is 2.21. The largest absolute Gasteiger partial charge is 0.496 e. The third kappa shape index (κ3) is 3.42. The summed E-state index contributed by atoms with van der Waals surface area (Å²) in [6.45, 7) is 1.48. The predicted octanol–water partition coefficient (Wildman–Crippen LogP) is 1.92. The average Bonchev–Trinajstić information content (AvgIpc) is 2.46. The molecule has 1 fully saturated rings. The zero-order valence-electron chi connectivity index (χ0n) is 12.1. The molecule has 0 spiro atoms. The van der Waals surface area contributed by atoms with Crippen LogP contribution in [0.5, 0.6) is 5.75 Å². The number of esters is 1. The Hall–Kier alpha value is -1.75. The first-order chi connectivity index (χ1) is 9.61. The molecule has 1 unspecified atom stereocenters. The Kier molecular flexibility index (Phi) is 4.84. The molecule has 1 aromatic carbocycles. The van der Waals surface area contributed by atoms with Crippen molar-refractivity contribution in [1.29, 1.82) is 0 Å². The third-order valence-corrected chi connectivity index (χ3v) is 3.77. The van der Waals surface area contributed by atoms with Crippen LogP contribution in [-0.4, -0.2) is 44.2 Å². The van der Waals surface area contributed by atoms with Crippen LogP contribution >= 0.6 is 0 Å². The van der Waals surface area contributed by atoms with Crippen LogP contribution in [0.15, 0.2) is 18.2 Å². The first-order valence-electron chi connectivity index (χ1n) is 6.92. The van der Waals surface area contributed by atoms with Crippen molar-refractivity contribution < 1.29 is 14.3 Å². The van der Waals surface area contributed by atoms with Gasteiger partial charge in [-0.1, -0.05) is 6.42 Å². The molecule has 0 bridgehead atoms. The van der Waals surface area contributed by atoms with Crippen LogP contribution in [0.4, 0.5) is 5.69 Å². The van der Waals surface area contributed by atoms with Gasteiger partial charge in [0, 0.05) is 17.8 Å². The second-order valence-corrected chi connectivity index (χ2v) is 5.19. The van der Waals surface area contributed by atoms with E-state index >= 15 is 0 Å². The minimum absolute atomic E-state index is 0.312. The van der Waals surface area contributed by atoms with E-state index in [0.29, 0.717) is 29.6 Å². The van der Waals surface area contributed by atoms with Crippen LogP contribution in [0.3, 0.4) is 0 Å². The van der Waals surface area contributed by atoms with Crippen molar-refractivity contribution in [1.82, 2.24) is 4.90 Å². The summed E-state index contributed by atoms with van der Waals surface area (Å²) in [4.78, 5) is 14.4. The van der Waals surface area contributed by atoms with E-state index in [1.54, 1.807) is 18.2 Å². The summed E-state index contributed by atoms with van der Waals surface area (Å²) in [5, 5.41) is 0. The summed E-state index contributed by atoms with van der Waals surface area (Å²) in [5.74, 6) is 0.0906. The number of methoxy groups -OCH3 is 1. The molecule has 1 saturated heterocycles. The molecule has 1 heterocycles. The third-order valence-electron chi connectivity index (χ3n) is 3.77. The highest BCUT2D eigenvalue weighted by molar-refractivity contribution is 5.93. The Morgan fingerprint density at radius 1 is 1.45 bits per heavy atom. The average molecular weight is 278 g/mol. The van der Waals surface area contributed by atoms with Gasteiger partial charge in [0.15, 0.2) is 0 Å². The summed E-state index contributed by atoms with van der Waals surface area (Å²) < 4.78 is 10.6. The van der Waals surface area contributed by atoms with Gasteiger partial charge < -0.3 is 20.1 Å². The van der Waals surface area contributed by atoms with Gasteiger partial charge >= 0.3 is 5.97 Å². The topological polar surface area (TPSA) is 64.8 Å². The smallest absolute Gasteiger partial charge is 0.341 e. The number of likely N-dealkylation sites (tertiary alicyclic amines) is 1. The van der Waals surface area contributed by atoms with Gasteiger partial charge in [-0.3, -0.25) is 0 Å². The van der Waals surface area contributed by atoms with Gasteiger partial charge in [0.2, 0.25) is 0 Å². The summed E-state index contributed by atoms with van der Waals surface area (Å²) in [7, 11) is 3.59. The van der Waals surface area contributed by atoms with Crippen LogP contribution in [-0.2, 0) is 4.74 Å². The second-order valence-electron chi connectivity index (χ2n) is 5.19. The van der Waals surface area contributed by atoms with Crippen LogP contribution in [0.2, 0.25) is 0 Å². The van der Waals surface area contributed by atoms with Gasteiger partial charge in [-0.2, -0.15) is 0 Å². The van der Waals surface area contributed by atoms with Crippen molar-refractivity contribution in [3.8, 4) is 5.75 Å². The summed E-state index contributed by atoms with van der Waals surface area (Å²) in [6, 6.07) is 5.25. The lowest BCUT2D eigenvalue weighted by molar-refractivity contribution is 0.0325. The number of carbonyl (C=O) groups excluding carboxylic acids is 1. The molecule has 110 valence electrons. The number of likely N-dealkylation sites (N-methyl/N-ethyl adjacent to an activating group) is 1. The van der Waals surface area contributed by atoms with Crippen molar-refractivity contribution in [3.63, 3.8) is 0 Å². The summed E-state index contributed by atoms with van der Waals surface area (Å²) in [6.07, 6.45) is 3.48. The van der Waals surface area contributed by atoms with E-state index in [1.165, 1.54) is 20.0 Å². The number of nitrogen functional groups attached to an aromatic ring is 1. The van der Waals surface area contributed by atoms with Crippen LogP contribution in [0, 0.1) is 0 Å². The normalized spacial score (nSPS) is 19.6. The van der Waals surface area contributed by atoms with Gasteiger partial charge in [-0.25, -0.2) is 4.79 Å². The Labute approximate surface area is 119 Å². The number of hydrogen-bond acceptors (Lipinski definition) is 5. The van der Waals surface area contributed by atoms with Gasteiger partial charge in [0.05, 0.1) is 7.11 Å². The molecule has 1 aliphatic rings. The number of piperidine rings is 1. The molecule has 1 atom stereocenters. The van der Waals surface area contributed by atoms with Crippen LogP contribution in [0.25, 0.3) is 0 Å². The fourth-order valence-corrected chi connectivity index (χ4v) is 2.48. The standard InChI is InChI=1S/C15H22N2O3/c1-17-8-4-3-5-12(17)10-20-15(18)13-7-6-11(16)9-14(13)19-2/h6-7,9,12H,3-5,8,10,16H2,1-2H3. The second kappa shape index (κ2) is 6.61. The molecule has 2 rings (SSSR count). The molecular weight excluding hydrogens is 256 g/mol. The molecule has 5 heteroatoms. The Balaban J connectivity index is 1.98. The van der Waals surface area contributed by atoms with E-state index in [9.17, 15) is 4.79 Å². The number of benzene rings is 1. The Bertz CT molecular complexity index is 476. The minimum atomic E-state index is -0.360. The van der Waals surface area contributed by atoms with Crippen molar-refractivity contribution in [2.45, 2.75) is 25.3 Å². The zero-order valence-corrected chi connectivity index (χ0v) is 12.1. The quantitative estimate of drug-likeness (QED) is 0.673. The number of hydrogen-bond donors (Lipinski definition) is 1. The number of ether oxygens (including phenoxy) is 2. The highest BCUT2D eigenvalue weighted by Crippen LogP contribution is 2.23. The molecule has 1 aromatic rings. The van der Waals surface area contributed by atoms with Gasteiger partial charge in [-0.15, -0.1) is 0 Å². The van der Waals surface area contributed by atoms with Crippen molar-refractivity contribution in [2.75, 3.05) is 33.0 Å². The fraction of sp³-hybridized carbons (Fsp3) is 0.533. The number of nitrogens with two attached hydrogens (primary N) is 1. The molecule has 0 amide bonds. The van der Waals surface area contributed by atoms with Gasteiger partial charge in [0.25, 0.3) is 0 Å². The molecule has 0 radical (unpaired) electrons. The number of carbonyl (C=O) groups is 1. The van der Waals surface area contributed by atoms with E-state index < -0.39 is 0 Å². The SMILES string of the molecule is COc1cc(N)ccc1C(=O)OCC1CCCCN1C. The van der Waals surface area contributed by atoms with Crippen molar-refractivity contribution >= 4 is 11.7 Å². The molecule has 0 saturated carbocycles. The van der Waals surface area contributed by atoms with Crippen LogP contribution in [0.1, 0.15) is 29.6 Å². The van der Waals surface area contributed by atoms with Crippen molar-refractivity contribution in [3.05, 3.63) is 23.8 Å². The van der Waals surface area contributed by atoms with E-state index in [1.807, 2.05) is 0 Å². The molecule has 0 aliphatic carbocycles. The molecule has 2 N–H and O–H groups in total. The number of nitrogens with zero attached hydrogens (tertiary/aromatic N) is 1. The lowest BCUT2D eigenvalue weighted by Gasteiger charge is -2.31. The lowest BCUT2D eigenvalue weighted by atomic mass is 10.0. The maximum atomic E-state index is 12.1. The Morgan fingerprint density at radius 2 is 2.25 bits per heavy atom. The maximum Gasteiger partial charge on any atom is 0.341 e. The monoisotopic (exact) mass is 278 g/mol. The first kappa shape index (κ1) is 14.7. The molecule has 1 aliphatic heterocycles.